The first-order valence-corrected chi connectivity index (χ1v) is 5.97. The standard InChI is InChI=1S/C9H15NO2S/c11-8-1-3-10(5-8)9(12)7-2-4-13-6-7/h7-8,11H,1-6H2. The fourth-order valence-corrected chi connectivity index (χ4v) is 3.14. The van der Waals surface area contributed by atoms with Gasteiger partial charge in [-0.2, -0.15) is 11.8 Å². The van der Waals surface area contributed by atoms with E-state index in [1.54, 1.807) is 0 Å². The molecule has 2 aliphatic rings. The maximum absolute atomic E-state index is 11.8. The average Bonchev–Trinajstić information content (AvgIpc) is 2.72. The number of amides is 1. The van der Waals surface area contributed by atoms with Gasteiger partial charge in [0.05, 0.1) is 6.10 Å². The number of carbonyl (C=O) groups is 1. The first-order valence-electron chi connectivity index (χ1n) is 4.82. The fraction of sp³-hybridized carbons (Fsp3) is 0.889. The third kappa shape index (κ3) is 1.99. The molecule has 2 saturated heterocycles. The summed E-state index contributed by atoms with van der Waals surface area (Å²) < 4.78 is 0. The van der Waals surface area contributed by atoms with Crippen LogP contribution < -0.4 is 0 Å². The van der Waals surface area contributed by atoms with Gasteiger partial charge in [0, 0.05) is 24.8 Å². The van der Waals surface area contributed by atoms with E-state index in [0.29, 0.717) is 6.54 Å². The molecule has 0 aliphatic carbocycles. The number of nitrogens with zero attached hydrogens (tertiary/aromatic N) is 1. The SMILES string of the molecule is O=C(C1CCSC1)N1CCC(O)C1. The Kier molecular flexibility index (Phi) is 2.79. The molecule has 3 nitrogen and oxygen atoms in total. The van der Waals surface area contributed by atoms with Gasteiger partial charge < -0.3 is 10.0 Å². The van der Waals surface area contributed by atoms with E-state index in [0.717, 1.165) is 30.9 Å². The molecule has 0 spiro atoms. The molecule has 74 valence electrons. The molecule has 0 aromatic rings. The van der Waals surface area contributed by atoms with Crippen molar-refractivity contribution in [2.75, 3.05) is 24.6 Å². The number of β-amino-alcohol motifs (C(OH)–C–C–N with tert-alkyl or cyclic N) is 1. The third-order valence-electron chi connectivity index (χ3n) is 2.75. The van der Waals surface area contributed by atoms with E-state index in [4.69, 9.17) is 0 Å². The number of thioether (sulfide) groups is 1. The Morgan fingerprint density at radius 3 is 2.85 bits per heavy atom. The van der Waals surface area contributed by atoms with Crippen LogP contribution in [-0.4, -0.2) is 46.6 Å². The van der Waals surface area contributed by atoms with Crippen molar-refractivity contribution in [1.29, 1.82) is 0 Å². The molecule has 0 aromatic heterocycles. The summed E-state index contributed by atoms with van der Waals surface area (Å²) in [5, 5.41) is 9.29. The molecule has 2 rings (SSSR count). The van der Waals surface area contributed by atoms with Crippen LogP contribution in [0, 0.1) is 5.92 Å². The number of likely N-dealkylation sites (tertiary alicyclic amines) is 1. The van der Waals surface area contributed by atoms with Crippen LogP contribution in [0.1, 0.15) is 12.8 Å². The Labute approximate surface area is 82.5 Å². The molecule has 4 heteroatoms. The summed E-state index contributed by atoms with van der Waals surface area (Å²) in [6, 6.07) is 0. The molecule has 2 fully saturated rings. The Morgan fingerprint density at radius 1 is 1.46 bits per heavy atom. The number of hydrogen-bond acceptors (Lipinski definition) is 3. The van der Waals surface area contributed by atoms with E-state index in [-0.39, 0.29) is 17.9 Å². The zero-order chi connectivity index (χ0) is 9.26. The monoisotopic (exact) mass is 201 g/mol. The summed E-state index contributed by atoms with van der Waals surface area (Å²) in [5.74, 6) is 2.59. The molecule has 1 N–H and O–H groups in total. The Bertz CT molecular complexity index is 204. The van der Waals surface area contributed by atoms with Crippen LogP contribution in [-0.2, 0) is 4.79 Å². The van der Waals surface area contributed by atoms with Crippen molar-refractivity contribution in [2.24, 2.45) is 5.92 Å². The van der Waals surface area contributed by atoms with Gasteiger partial charge in [0.1, 0.15) is 0 Å². The number of hydrogen-bond donors (Lipinski definition) is 1. The van der Waals surface area contributed by atoms with Crippen molar-refractivity contribution in [3.8, 4) is 0 Å². The largest absolute Gasteiger partial charge is 0.391 e. The second-order valence-electron chi connectivity index (χ2n) is 3.79. The van der Waals surface area contributed by atoms with Crippen LogP contribution in [0.2, 0.25) is 0 Å². The van der Waals surface area contributed by atoms with Crippen LogP contribution in [0.15, 0.2) is 0 Å². The Balaban J connectivity index is 1.89. The molecule has 13 heavy (non-hydrogen) atoms. The van der Waals surface area contributed by atoms with Crippen molar-refractivity contribution in [2.45, 2.75) is 18.9 Å². The van der Waals surface area contributed by atoms with Crippen molar-refractivity contribution >= 4 is 17.7 Å². The predicted octanol–water partition coefficient (Wildman–Crippen LogP) is 0.333. The van der Waals surface area contributed by atoms with Crippen LogP contribution in [0.5, 0.6) is 0 Å². The summed E-state index contributed by atoms with van der Waals surface area (Å²) in [6.07, 6.45) is 1.50. The minimum absolute atomic E-state index is 0.232. The molecule has 2 aliphatic heterocycles. The number of rotatable bonds is 1. The molecule has 0 bridgehead atoms. The van der Waals surface area contributed by atoms with Gasteiger partial charge in [0.25, 0.3) is 0 Å². The van der Waals surface area contributed by atoms with E-state index >= 15 is 0 Å². The quantitative estimate of drug-likeness (QED) is 0.665. The first kappa shape index (κ1) is 9.34. The van der Waals surface area contributed by atoms with E-state index in [9.17, 15) is 9.90 Å². The Morgan fingerprint density at radius 2 is 2.31 bits per heavy atom. The highest BCUT2D eigenvalue weighted by Gasteiger charge is 2.31. The van der Waals surface area contributed by atoms with E-state index in [1.165, 1.54) is 0 Å². The summed E-state index contributed by atoms with van der Waals surface area (Å²) in [6.45, 7) is 1.31. The third-order valence-corrected chi connectivity index (χ3v) is 3.92. The second-order valence-corrected chi connectivity index (χ2v) is 4.94. The average molecular weight is 201 g/mol. The predicted molar refractivity (Wildman–Crippen MR) is 52.6 cm³/mol. The highest BCUT2D eigenvalue weighted by atomic mass is 32.2. The fourth-order valence-electron chi connectivity index (χ4n) is 1.93. The normalized spacial score (nSPS) is 34.1. The Hall–Kier alpha value is -0.220. The van der Waals surface area contributed by atoms with Gasteiger partial charge in [0.15, 0.2) is 0 Å². The van der Waals surface area contributed by atoms with Crippen molar-refractivity contribution in [1.82, 2.24) is 4.90 Å². The molecule has 1 amide bonds. The molecule has 2 unspecified atom stereocenters. The minimum Gasteiger partial charge on any atom is -0.391 e. The highest BCUT2D eigenvalue weighted by molar-refractivity contribution is 7.99. The molecular weight excluding hydrogens is 186 g/mol. The van der Waals surface area contributed by atoms with Crippen LogP contribution in [0.4, 0.5) is 0 Å². The lowest BCUT2D eigenvalue weighted by Crippen LogP contribution is -2.35. The number of aliphatic hydroxyl groups excluding tert-OH is 1. The molecule has 0 saturated carbocycles. The van der Waals surface area contributed by atoms with Gasteiger partial charge in [-0.05, 0) is 18.6 Å². The first-order chi connectivity index (χ1) is 6.27. The summed E-state index contributed by atoms with van der Waals surface area (Å²) in [5.41, 5.74) is 0. The smallest absolute Gasteiger partial charge is 0.226 e. The second kappa shape index (κ2) is 3.88. The number of aliphatic hydroxyl groups is 1. The van der Waals surface area contributed by atoms with Crippen molar-refractivity contribution < 1.29 is 9.90 Å². The molecule has 0 radical (unpaired) electrons. The maximum Gasteiger partial charge on any atom is 0.226 e. The summed E-state index contributed by atoms with van der Waals surface area (Å²) in [7, 11) is 0. The van der Waals surface area contributed by atoms with E-state index in [2.05, 4.69) is 0 Å². The number of carbonyl (C=O) groups excluding carboxylic acids is 1. The molecule has 0 aromatic carbocycles. The lowest BCUT2D eigenvalue weighted by Gasteiger charge is -2.19. The zero-order valence-corrected chi connectivity index (χ0v) is 8.42. The maximum atomic E-state index is 11.8. The van der Waals surface area contributed by atoms with Crippen LogP contribution in [0.25, 0.3) is 0 Å². The lowest BCUT2D eigenvalue weighted by molar-refractivity contribution is -0.134. The van der Waals surface area contributed by atoms with Crippen molar-refractivity contribution in [3.05, 3.63) is 0 Å². The zero-order valence-electron chi connectivity index (χ0n) is 7.61. The highest BCUT2D eigenvalue weighted by Crippen LogP contribution is 2.26. The van der Waals surface area contributed by atoms with Gasteiger partial charge >= 0.3 is 0 Å². The topological polar surface area (TPSA) is 40.5 Å². The van der Waals surface area contributed by atoms with Gasteiger partial charge in [0.2, 0.25) is 5.91 Å². The summed E-state index contributed by atoms with van der Waals surface area (Å²) >= 11 is 1.86. The van der Waals surface area contributed by atoms with Crippen LogP contribution in [0.3, 0.4) is 0 Å². The minimum atomic E-state index is -0.280. The van der Waals surface area contributed by atoms with E-state index < -0.39 is 0 Å². The van der Waals surface area contributed by atoms with Gasteiger partial charge in [-0.15, -0.1) is 0 Å². The summed E-state index contributed by atoms with van der Waals surface area (Å²) in [4.78, 5) is 13.6. The van der Waals surface area contributed by atoms with E-state index in [1.807, 2.05) is 16.7 Å². The van der Waals surface area contributed by atoms with Gasteiger partial charge in [-0.3, -0.25) is 4.79 Å². The molecular formula is C9H15NO2S. The lowest BCUT2D eigenvalue weighted by atomic mass is 10.1. The molecule has 2 heterocycles. The van der Waals surface area contributed by atoms with Crippen molar-refractivity contribution in [3.63, 3.8) is 0 Å². The molecule has 2 atom stereocenters. The van der Waals surface area contributed by atoms with Gasteiger partial charge in [-0.1, -0.05) is 0 Å². The van der Waals surface area contributed by atoms with Crippen LogP contribution >= 0.6 is 11.8 Å². The van der Waals surface area contributed by atoms with Gasteiger partial charge in [-0.25, -0.2) is 0 Å².